The zero-order chi connectivity index (χ0) is 20.5. The molecule has 29 heavy (non-hydrogen) atoms. The summed E-state index contributed by atoms with van der Waals surface area (Å²) in [5.74, 6) is 0.128. The Kier molecular flexibility index (Phi) is 5.07. The number of carbonyl (C=O) groups is 1. The summed E-state index contributed by atoms with van der Waals surface area (Å²) >= 11 is 1.27. The molecule has 6 nitrogen and oxygen atoms in total. The van der Waals surface area contributed by atoms with Crippen LogP contribution in [0.3, 0.4) is 0 Å². The second-order valence-corrected chi connectivity index (χ2v) is 7.74. The molecule has 0 N–H and O–H groups in total. The highest BCUT2D eigenvalue weighted by molar-refractivity contribution is 7.07. The van der Waals surface area contributed by atoms with Crippen LogP contribution in [0.4, 0.5) is 0 Å². The number of furan rings is 1. The Bertz CT molecular complexity index is 1260. The van der Waals surface area contributed by atoms with Crippen LogP contribution in [-0.2, 0) is 9.53 Å². The highest BCUT2D eigenvalue weighted by atomic mass is 32.1. The molecule has 1 aliphatic rings. The van der Waals surface area contributed by atoms with Crippen LogP contribution in [0.5, 0.6) is 0 Å². The summed E-state index contributed by atoms with van der Waals surface area (Å²) in [6, 6.07) is 10.7. The number of fused-ring (bicyclic) bond motifs is 1. The number of nitrogens with zero attached hydrogens (tertiary/aromatic N) is 2. The molecule has 0 spiro atoms. The first kappa shape index (κ1) is 19.1. The Labute approximate surface area is 171 Å². The lowest BCUT2D eigenvalue weighted by Gasteiger charge is -2.24. The fourth-order valence-electron chi connectivity index (χ4n) is 3.36. The highest BCUT2D eigenvalue weighted by Gasteiger charge is 2.33. The number of allylic oxidation sites excluding steroid dienone is 1. The molecular formula is C22H20N2O4S. The smallest absolute Gasteiger partial charge is 0.338 e. The number of hydrogen-bond donors (Lipinski definition) is 0. The predicted octanol–water partition coefficient (Wildman–Crippen LogP) is 2.70. The maximum atomic E-state index is 13.3. The first-order valence-corrected chi connectivity index (χ1v) is 10.1. The lowest BCUT2D eigenvalue weighted by Crippen LogP contribution is -2.39. The van der Waals surface area contributed by atoms with Crippen LogP contribution < -0.4 is 14.9 Å². The van der Waals surface area contributed by atoms with E-state index in [1.165, 1.54) is 11.3 Å². The van der Waals surface area contributed by atoms with E-state index < -0.39 is 12.0 Å². The van der Waals surface area contributed by atoms with Crippen molar-refractivity contribution >= 4 is 23.4 Å². The second kappa shape index (κ2) is 7.67. The third-order valence-electron chi connectivity index (χ3n) is 4.73. The summed E-state index contributed by atoms with van der Waals surface area (Å²) in [6.45, 7) is 5.77. The number of hydrogen-bond acceptors (Lipinski definition) is 6. The number of benzene rings is 1. The minimum atomic E-state index is -0.593. The number of aryl methyl sites for hydroxylation is 1. The fraction of sp³-hybridized carbons (Fsp3) is 0.227. The van der Waals surface area contributed by atoms with Crippen LogP contribution in [0.25, 0.3) is 6.08 Å². The number of ether oxygens (including phenoxy) is 1. The summed E-state index contributed by atoms with van der Waals surface area (Å²) in [6.07, 6.45) is 3.25. The van der Waals surface area contributed by atoms with Crippen LogP contribution >= 0.6 is 11.3 Å². The number of aromatic nitrogens is 1. The van der Waals surface area contributed by atoms with Gasteiger partial charge >= 0.3 is 5.97 Å². The molecule has 0 saturated heterocycles. The Hall–Kier alpha value is -3.19. The topological polar surface area (TPSA) is 73.8 Å². The van der Waals surface area contributed by atoms with Gasteiger partial charge < -0.3 is 9.15 Å². The Morgan fingerprint density at radius 3 is 2.69 bits per heavy atom. The van der Waals surface area contributed by atoms with Gasteiger partial charge in [-0.1, -0.05) is 41.2 Å². The zero-order valence-electron chi connectivity index (χ0n) is 16.3. The lowest BCUT2D eigenvalue weighted by atomic mass is 9.95. The van der Waals surface area contributed by atoms with E-state index >= 15 is 0 Å². The average molecular weight is 408 g/mol. The molecule has 1 aromatic carbocycles. The summed E-state index contributed by atoms with van der Waals surface area (Å²) in [4.78, 5) is 31.1. The van der Waals surface area contributed by atoms with Gasteiger partial charge in [-0.15, -0.1) is 0 Å². The van der Waals surface area contributed by atoms with Gasteiger partial charge in [-0.2, -0.15) is 0 Å². The van der Waals surface area contributed by atoms with Crippen LogP contribution in [0.1, 0.15) is 36.8 Å². The van der Waals surface area contributed by atoms with Crippen LogP contribution in [0.15, 0.2) is 68.1 Å². The van der Waals surface area contributed by atoms with E-state index in [0.29, 0.717) is 26.4 Å². The molecular weight excluding hydrogens is 388 g/mol. The van der Waals surface area contributed by atoms with E-state index in [9.17, 15) is 9.59 Å². The molecule has 148 valence electrons. The molecule has 7 heteroatoms. The summed E-state index contributed by atoms with van der Waals surface area (Å²) in [5, 5.41) is 0. The molecule has 0 saturated carbocycles. The van der Waals surface area contributed by atoms with E-state index in [0.717, 1.165) is 11.1 Å². The molecule has 1 atom stereocenters. The van der Waals surface area contributed by atoms with E-state index in [1.54, 1.807) is 42.9 Å². The van der Waals surface area contributed by atoms with Gasteiger partial charge in [0.1, 0.15) is 5.76 Å². The van der Waals surface area contributed by atoms with Crippen LogP contribution in [0, 0.1) is 6.92 Å². The molecule has 3 aromatic rings. The maximum Gasteiger partial charge on any atom is 0.338 e. The summed E-state index contributed by atoms with van der Waals surface area (Å²) < 4.78 is 12.7. The quantitative estimate of drug-likeness (QED) is 0.622. The van der Waals surface area contributed by atoms with Gasteiger partial charge in [-0.3, -0.25) is 9.36 Å². The third-order valence-corrected chi connectivity index (χ3v) is 5.71. The molecule has 0 fully saturated rings. The van der Waals surface area contributed by atoms with Crippen molar-refractivity contribution in [3.05, 3.63) is 90.5 Å². The largest absolute Gasteiger partial charge is 0.465 e. The van der Waals surface area contributed by atoms with Gasteiger partial charge in [-0.05, 0) is 38.5 Å². The Morgan fingerprint density at radius 2 is 2.03 bits per heavy atom. The highest BCUT2D eigenvalue weighted by Crippen LogP contribution is 2.30. The Balaban J connectivity index is 1.97. The summed E-state index contributed by atoms with van der Waals surface area (Å²) in [7, 11) is 0. The normalized spacial score (nSPS) is 16.5. The van der Waals surface area contributed by atoms with Gasteiger partial charge in [-0.25, -0.2) is 9.79 Å². The van der Waals surface area contributed by atoms with Crippen molar-refractivity contribution in [3.63, 3.8) is 0 Å². The minimum absolute atomic E-state index is 0.218. The molecule has 0 aliphatic carbocycles. The number of thiazole rings is 1. The van der Waals surface area contributed by atoms with E-state index in [-0.39, 0.29) is 12.2 Å². The fourth-order valence-corrected chi connectivity index (χ4v) is 4.38. The average Bonchev–Trinajstić information content (AvgIpc) is 3.30. The lowest BCUT2D eigenvalue weighted by molar-refractivity contribution is -0.139. The first-order chi connectivity index (χ1) is 14.0. The maximum absolute atomic E-state index is 13.3. The monoisotopic (exact) mass is 408 g/mol. The van der Waals surface area contributed by atoms with Crippen molar-refractivity contribution in [2.24, 2.45) is 4.99 Å². The number of rotatable bonds is 4. The van der Waals surface area contributed by atoms with E-state index in [1.807, 2.05) is 31.2 Å². The molecule has 1 unspecified atom stereocenters. The van der Waals surface area contributed by atoms with Crippen molar-refractivity contribution in [1.82, 2.24) is 4.57 Å². The van der Waals surface area contributed by atoms with Crippen LogP contribution in [-0.4, -0.2) is 17.1 Å². The van der Waals surface area contributed by atoms with Crippen molar-refractivity contribution in [2.45, 2.75) is 26.8 Å². The van der Waals surface area contributed by atoms with Crippen molar-refractivity contribution in [1.29, 1.82) is 0 Å². The molecule has 0 amide bonds. The second-order valence-electron chi connectivity index (χ2n) is 6.73. The predicted molar refractivity (Wildman–Crippen MR) is 110 cm³/mol. The van der Waals surface area contributed by atoms with Gasteiger partial charge in [0.05, 0.1) is 34.7 Å². The van der Waals surface area contributed by atoms with Gasteiger partial charge in [0, 0.05) is 6.08 Å². The van der Waals surface area contributed by atoms with E-state index in [2.05, 4.69) is 4.99 Å². The molecule has 2 aromatic heterocycles. The van der Waals surface area contributed by atoms with Crippen molar-refractivity contribution in [3.8, 4) is 0 Å². The van der Waals surface area contributed by atoms with E-state index in [4.69, 9.17) is 9.15 Å². The SMILES string of the molecule is CCOC(=O)C1=C(C)N=c2sc(=Cc3ccco3)c(=O)n2C1c1ccc(C)cc1. The van der Waals surface area contributed by atoms with Gasteiger partial charge in [0.25, 0.3) is 5.56 Å². The number of carbonyl (C=O) groups excluding carboxylic acids is 1. The van der Waals surface area contributed by atoms with Crippen molar-refractivity contribution < 1.29 is 13.9 Å². The van der Waals surface area contributed by atoms with Gasteiger partial charge in [0.15, 0.2) is 4.80 Å². The van der Waals surface area contributed by atoms with Crippen molar-refractivity contribution in [2.75, 3.05) is 6.61 Å². The molecule has 4 rings (SSSR count). The molecule has 0 radical (unpaired) electrons. The Morgan fingerprint density at radius 1 is 1.28 bits per heavy atom. The standard InChI is InChI=1S/C22H20N2O4S/c1-4-27-21(26)18-14(3)23-22-24(19(18)15-9-7-13(2)8-10-15)20(25)17(29-22)12-16-6-5-11-28-16/h5-12,19H,4H2,1-3H3. The third kappa shape index (κ3) is 3.49. The minimum Gasteiger partial charge on any atom is -0.465 e. The molecule has 3 heterocycles. The molecule has 1 aliphatic heterocycles. The molecule has 0 bridgehead atoms. The van der Waals surface area contributed by atoms with Gasteiger partial charge in [0.2, 0.25) is 0 Å². The number of esters is 1. The summed E-state index contributed by atoms with van der Waals surface area (Å²) in [5.41, 5.74) is 2.65. The van der Waals surface area contributed by atoms with Crippen LogP contribution in [0.2, 0.25) is 0 Å². The zero-order valence-corrected chi connectivity index (χ0v) is 17.2. The first-order valence-electron chi connectivity index (χ1n) is 9.29.